The van der Waals surface area contributed by atoms with Gasteiger partial charge in [-0.2, -0.15) is 0 Å². The first-order valence-corrected chi connectivity index (χ1v) is 9.87. The summed E-state index contributed by atoms with van der Waals surface area (Å²) in [6, 6.07) is 3.76. The molecule has 1 heterocycles. The zero-order chi connectivity index (χ0) is 18.6. The van der Waals surface area contributed by atoms with E-state index in [1.807, 2.05) is 6.07 Å². The number of aliphatic imine (C=N–C) groups is 1. The van der Waals surface area contributed by atoms with Gasteiger partial charge in [-0.05, 0) is 36.8 Å². The predicted molar refractivity (Wildman–Crippen MR) is 107 cm³/mol. The van der Waals surface area contributed by atoms with Crippen molar-refractivity contribution in [3.05, 3.63) is 29.0 Å². The van der Waals surface area contributed by atoms with Crippen LogP contribution in [0.4, 0.5) is 0 Å². The van der Waals surface area contributed by atoms with Gasteiger partial charge in [0.25, 0.3) is 0 Å². The Bertz CT molecular complexity index is 570. The number of guanidine groups is 1. The first-order valence-electron chi connectivity index (χ1n) is 9.49. The second-order valence-corrected chi connectivity index (χ2v) is 7.11. The Morgan fingerprint density at radius 2 is 1.88 bits per heavy atom. The molecular formula is C19H30ClN5O. The molecule has 0 spiro atoms. The summed E-state index contributed by atoms with van der Waals surface area (Å²) in [5, 5.41) is 9.96. The average Bonchev–Trinajstić information content (AvgIpc) is 2.66. The normalized spacial score (nSPS) is 15.5. The van der Waals surface area contributed by atoms with Gasteiger partial charge in [-0.25, -0.2) is 4.98 Å². The molecular weight excluding hydrogens is 350 g/mol. The first-order chi connectivity index (χ1) is 12.7. The van der Waals surface area contributed by atoms with Gasteiger partial charge in [0.1, 0.15) is 5.15 Å². The molecule has 0 aliphatic heterocycles. The van der Waals surface area contributed by atoms with Gasteiger partial charge in [-0.3, -0.25) is 9.79 Å². The molecule has 1 aromatic heterocycles. The quantitative estimate of drug-likeness (QED) is 0.281. The van der Waals surface area contributed by atoms with Crippen LogP contribution in [0.15, 0.2) is 23.3 Å². The number of hydrogen-bond acceptors (Lipinski definition) is 3. The van der Waals surface area contributed by atoms with Crippen LogP contribution in [0.3, 0.4) is 0 Å². The third-order valence-corrected chi connectivity index (χ3v) is 4.88. The molecule has 144 valence electrons. The summed E-state index contributed by atoms with van der Waals surface area (Å²) in [6.45, 7) is 2.00. The molecule has 1 saturated carbocycles. The van der Waals surface area contributed by atoms with Crippen LogP contribution < -0.4 is 16.0 Å². The van der Waals surface area contributed by atoms with Crippen LogP contribution in [0, 0.1) is 5.92 Å². The lowest BCUT2D eigenvalue weighted by atomic mass is 9.87. The van der Waals surface area contributed by atoms with Gasteiger partial charge >= 0.3 is 0 Å². The van der Waals surface area contributed by atoms with E-state index in [1.165, 1.54) is 32.1 Å². The molecule has 1 fully saturated rings. The smallest absolute Gasteiger partial charge is 0.220 e. The number of rotatable bonds is 8. The molecule has 1 aliphatic carbocycles. The molecule has 2 rings (SSSR count). The van der Waals surface area contributed by atoms with E-state index in [2.05, 4.69) is 25.9 Å². The van der Waals surface area contributed by atoms with Gasteiger partial charge in [0.05, 0.1) is 0 Å². The lowest BCUT2D eigenvalue weighted by molar-refractivity contribution is -0.122. The van der Waals surface area contributed by atoms with E-state index in [1.54, 1.807) is 19.3 Å². The van der Waals surface area contributed by atoms with Crippen molar-refractivity contribution in [2.45, 2.75) is 44.9 Å². The Labute approximate surface area is 161 Å². The Morgan fingerprint density at radius 3 is 2.58 bits per heavy atom. The lowest BCUT2D eigenvalue weighted by Gasteiger charge is -2.20. The minimum Gasteiger partial charge on any atom is -0.356 e. The van der Waals surface area contributed by atoms with E-state index in [4.69, 9.17) is 11.6 Å². The highest BCUT2D eigenvalue weighted by Gasteiger charge is 2.16. The minimum absolute atomic E-state index is 0.164. The maximum atomic E-state index is 12.0. The molecule has 0 aromatic carbocycles. The molecule has 1 amide bonds. The fraction of sp³-hybridized carbons (Fsp3) is 0.632. The topological polar surface area (TPSA) is 78.4 Å². The maximum absolute atomic E-state index is 12.0. The number of carbonyl (C=O) groups excluding carboxylic acids is 1. The van der Waals surface area contributed by atoms with Crippen LogP contribution in [-0.2, 0) is 11.2 Å². The molecule has 7 heteroatoms. The lowest BCUT2D eigenvalue weighted by Crippen LogP contribution is -2.42. The molecule has 3 N–H and O–H groups in total. The van der Waals surface area contributed by atoms with Crippen LogP contribution in [0.5, 0.6) is 0 Å². The van der Waals surface area contributed by atoms with Crippen LogP contribution in [0.2, 0.25) is 5.15 Å². The second kappa shape index (κ2) is 11.7. The van der Waals surface area contributed by atoms with Gasteiger partial charge in [-0.1, -0.05) is 36.9 Å². The van der Waals surface area contributed by atoms with E-state index in [9.17, 15) is 4.79 Å². The third-order valence-electron chi connectivity index (χ3n) is 4.66. The van der Waals surface area contributed by atoms with Crippen LogP contribution in [0.1, 0.15) is 44.1 Å². The number of nitrogens with zero attached hydrogens (tertiary/aromatic N) is 2. The SMILES string of the molecule is CN=C(NCCNC(=O)CC1CCCCC1)NCCc1ccc(Cl)nc1. The van der Waals surface area contributed by atoms with Gasteiger partial charge in [0.2, 0.25) is 5.91 Å². The van der Waals surface area contributed by atoms with Crippen molar-refractivity contribution in [2.24, 2.45) is 10.9 Å². The van der Waals surface area contributed by atoms with E-state index in [0.29, 0.717) is 30.6 Å². The molecule has 0 atom stereocenters. The van der Waals surface area contributed by atoms with Gasteiger partial charge < -0.3 is 16.0 Å². The summed E-state index contributed by atoms with van der Waals surface area (Å²) in [5.41, 5.74) is 1.12. The highest BCUT2D eigenvalue weighted by Crippen LogP contribution is 2.25. The monoisotopic (exact) mass is 379 g/mol. The summed E-state index contributed by atoms with van der Waals surface area (Å²) in [4.78, 5) is 20.2. The number of hydrogen-bond donors (Lipinski definition) is 3. The number of amides is 1. The standard InChI is InChI=1S/C19H30ClN5O/c1-21-19(23-10-9-16-7-8-17(20)25-14-16)24-12-11-22-18(26)13-15-5-3-2-4-6-15/h7-8,14-15H,2-6,9-13H2,1H3,(H,22,26)(H2,21,23,24). The van der Waals surface area contributed by atoms with Crippen molar-refractivity contribution >= 4 is 23.5 Å². The summed E-state index contributed by atoms with van der Waals surface area (Å²) in [6.07, 6.45) is 9.55. The number of nitrogens with one attached hydrogen (secondary N) is 3. The molecule has 0 saturated heterocycles. The maximum Gasteiger partial charge on any atom is 0.220 e. The number of carbonyl (C=O) groups is 1. The summed E-state index contributed by atoms with van der Waals surface area (Å²) < 4.78 is 0. The average molecular weight is 380 g/mol. The van der Waals surface area contributed by atoms with Crippen molar-refractivity contribution in [3.63, 3.8) is 0 Å². The summed E-state index contributed by atoms with van der Waals surface area (Å²) in [5.74, 6) is 1.47. The molecule has 1 aliphatic rings. The minimum atomic E-state index is 0.164. The van der Waals surface area contributed by atoms with E-state index in [-0.39, 0.29) is 5.91 Å². The third kappa shape index (κ3) is 8.04. The number of pyridine rings is 1. The number of halogens is 1. The Kier molecular flexibility index (Phi) is 9.24. The fourth-order valence-corrected chi connectivity index (χ4v) is 3.32. The molecule has 0 radical (unpaired) electrons. The van der Waals surface area contributed by atoms with Gasteiger partial charge in [-0.15, -0.1) is 0 Å². The fourth-order valence-electron chi connectivity index (χ4n) is 3.21. The molecule has 1 aromatic rings. The van der Waals surface area contributed by atoms with Crippen molar-refractivity contribution in [1.82, 2.24) is 20.9 Å². The summed E-state index contributed by atoms with van der Waals surface area (Å²) in [7, 11) is 1.74. The largest absolute Gasteiger partial charge is 0.356 e. The number of aromatic nitrogens is 1. The van der Waals surface area contributed by atoms with Crippen LogP contribution in [0.25, 0.3) is 0 Å². The van der Waals surface area contributed by atoms with Crippen LogP contribution >= 0.6 is 11.6 Å². The van der Waals surface area contributed by atoms with E-state index >= 15 is 0 Å². The Morgan fingerprint density at radius 1 is 1.15 bits per heavy atom. The molecule has 6 nitrogen and oxygen atoms in total. The van der Waals surface area contributed by atoms with Crippen molar-refractivity contribution < 1.29 is 4.79 Å². The van der Waals surface area contributed by atoms with Crippen molar-refractivity contribution in [2.75, 3.05) is 26.7 Å². The first kappa shape index (κ1) is 20.5. The van der Waals surface area contributed by atoms with Crippen molar-refractivity contribution in [1.29, 1.82) is 0 Å². The van der Waals surface area contributed by atoms with Gasteiger partial charge in [0.15, 0.2) is 5.96 Å². The molecule has 0 bridgehead atoms. The van der Waals surface area contributed by atoms with Crippen molar-refractivity contribution in [3.8, 4) is 0 Å². The second-order valence-electron chi connectivity index (χ2n) is 6.72. The summed E-state index contributed by atoms with van der Waals surface area (Å²) >= 11 is 5.78. The predicted octanol–water partition coefficient (Wildman–Crippen LogP) is 2.53. The molecule has 0 unspecified atom stereocenters. The Balaban J connectivity index is 1.55. The molecule has 26 heavy (non-hydrogen) atoms. The van der Waals surface area contributed by atoms with E-state index < -0.39 is 0 Å². The zero-order valence-corrected chi connectivity index (χ0v) is 16.3. The Hall–Kier alpha value is -1.82. The van der Waals surface area contributed by atoms with Crippen LogP contribution in [-0.4, -0.2) is 43.5 Å². The highest BCUT2D eigenvalue weighted by molar-refractivity contribution is 6.29. The zero-order valence-electron chi connectivity index (χ0n) is 15.6. The van der Waals surface area contributed by atoms with Gasteiger partial charge in [0, 0.05) is 39.3 Å². The highest BCUT2D eigenvalue weighted by atomic mass is 35.5. The van der Waals surface area contributed by atoms with E-state index in [0.717, 1.165) is 24.5 Å².